The monoisotopic (exact) mass is 350 g/mol. The van der Waals surface area contributed by atoms with Crippen LogP contribution in [0.4, 0.5) is 15.7 Å². The minimum Gasteiger partial charge on any atom is -0.486 e. The van der Waals surface area contributed by atoms with E-state index in [9.17, 15) is 4.79 Å². The number of urea groups is 1. The molecule has 0 bridgehead atoms. The van der Waals surface area contributed by atoms with Crippen molar-refractivity contribution >= 4 is 28.3 Å². The quantitative estimate of drug-likeness (QED) is 0.881. The van der Waals surface area contributed by atoms with Gasteiger partial charge >= 0.3 is 6.03 Å². The van der Waals surface area contributed by atoms with E-state index in [4.69, 9.17) is 4.74 Å². The first kappa shape index (κ1) is 16.6. The fourth-order valence-electron chi connectivity index (χ4n) is 2.93. The molecule has 1 fully saturated rings. The molecule has 3 rings (SSSR count). The number of ether oxygens (including phenoxy) is 1. The molecule has 1 saturated heterocycles. The lowest BCUT2D eigenvalue weighted by molar-refractivity contribution is 0.246. The molecule has 0 radical (unpaired) electrons. The summed E-state index contributed by atoms with van der Waals surface area (Å²) in [5.74, 6) is 1.09. The molecule has 2 amide bonds. The summed E-state index contributed by atoms with van der Waals surface area (Å²) in [6, 6.07) is 1.93. The molecule has 1 unspecified atom stereocenters. The molecule has 1 aliphatic heterocycles. The van der Waals surface area contributed by atoms with Crippen LogP contribution in [0.2, 0.25) is 0 Å². The van der Waals surface area contributed by atoms with Gasteiger partial charge in [0.25, 0.3) is 0 Å². The van der Waals surface area contributed by atoms with Gasteiger partial charge < -0.3 is 15.0 Å². The Labute approximate surface area is 144 Å². The molecule has 9 heteroatoms. The summed E-state index contributed by atoms with van der Waals surface area (Å²) in [5.41, 5.74) is 0.998. The van der Waals surface area contributed by atoms with Gasteiger partial charge in [0.2, 0.25) is 0 Å². The van der Waals surface area contributed by atoms with Crippen LogP contribution in [0.5, 0.6) is 5.06 Å². The second kappa shape index (κ2) is 7.08. The van der Waals surface area contributed by atoms with Gasteiger partial charge in [-0.05, 0) is 19.8 Å². The number of aromatic nitrogens is 3. The van der Waals surface area contributed by atoms with Crippen LogP contribution in [0, 0.1) is 6.92 Å². The van der Waals surface area contributed by atoms with E-state index in [-0.39, 0.29) is 12.1 Å². The van der Waals surface area contributed by atoms with E-state index >= 15 is 0 Å². The normalized spacial score (nSPS) is 17.6. The minimum atomic E-state index is -0.236. The van der Waals surface area contributed by atoms with Crippen LogP contribution in [0.15, 0.2) is 12.3 Å². The fraction of sp³-hybridized carbons (Fsp3) is 0.533. The van der Waals surface area contributed by atoms with Gasteiger partial charge in [-0.2, -0.15) is 5.10 Å². The van der Waals surface area contributed by atoms with E-state index in [2.05, 4.69) is 31.7 Å². The summed E-state index contributed by atoms with van der Waals surface area (Å²) in [6.07, 6.45) is 3.58. The van der Waals surface area contributed by atoms with E-state index in [1.165, 1.54) is 11.3 Å². The number of nitrogens with zero attached hydrogens (tertiary/aromatic N) is 4. The Hall–Kier alpha value is -2.29. The molecule has 3 heterocycles. The molecule has 1 aliphatic rings. The van der Waals surface area contributed by atoms with Gasteiger partial charge in [0.05, 0.1) is 19.0 Å². The van der Waals surface area contributed by atoms with Gasteiger partial charge in [0.15, 0.2) is 10.2 Å². The number of aryl methyl sites for hydroxylation is 2. The molecule has 0 aliphatic carbocycles. The molecule has 24 heavy (non-hydrogen) atoms. The number of nitrogens with one attached hydrogen (secondary N) is 2. The number of carbonyl (C=O) groups is 1. The van der Waals surface area contributed by atoms with Crippen molar-refractivity contribution in [1.29, 1.82) is 0 Å². The second-order valence-corrected chi connectivity index (χ2v) is 6.83. The number of carbonyl (C=O) groups excluding carboxylic acids is 1. The lowest BCUT2D eigenvalue weighted by Gasteiger charge is -2.34. The second-order valence-electron chi connectivity index (χ2n) is 5.84. The minimum absolute atomic E-state index is 0.0933. The molecule has 130 valence electrons. The molecule has 2 aromatic heterocycles. The van der Waals surface area contributed by atoms with Crippen molar-refractivity contribution in [3.63, 3.8) is 0 Å². The fourth-order valence-corrected chi connectivity index (χ4v) is 3.55. The number of amides is 2. The molecule has 0 saturated carbocycles. The molecule has 1 atom stereocenters. The van der Waals surface area contributed by atoms with E-state index in [1.54, 1.807) is 13.3 Å². The highest BCUT2D eigenvalue weighted by molar-refractivity contribution is 7.17. The number of piperidine rings is 1. The number of hydrogen-bond acceptors (Lipinski definition) is 6. The van der Waals surface area contributed by atoms with Crippen molar-refractivity contribution < 1.29 is 9.53 Å². The third-order valence-electron chi connectivity index (χ3n) is 3.96. The first-order valence-corrected chi connectivity index (χ1v) is 8.69. The highest BCUT2D eigenvalue weighted by Crippen LogP contribution is 2.25. The topological polar surface area (TPSA) is 84.3 Å². The zero-order valence-electron chi connectivity index (χ0n) is 14.1. The number of thiazole rings is 1. The average molecular weight is 350 g/mol. The van der Waals surface area contributed by atoms with Gasteiger partial charge in [0, 0.05) is 32.2 Å². The SMILES string of the molecule is COc1cnc(NC(=O)NC2CCCN(c3cc(C)nn3C)C2)s1. The van der Waals surface area contributed by atoms with Crippen LogP contribution in [0.1, 0.15) is 18.5 Å². The van der Waals surface area contributed by atoms with Crippen LogP contribution in [0.3, 0.4) is 0 Å². The molecular formula is C15H22N6O2S. The van der Waals surface area contributed by atoms with Gasteiger partial charge in [-0.25, -0.2) is 9.78 Å². The molecule has 2 N–H and O–H groups in total. The van der Waals surface area contributed by atoms with Crippen molar-refractivity contribution in [1.82, 2.24) is 20.1 Å². The number of methoxy groups -OCH3 is 1. The molecule has 8 nitrogen and oxygen atoms in total. The summed E-state index contributed by atoms with van der Waals surface area (Å²) in [7, 11) is 3.52. The van der Waals surface area contributed by atoms with E-state index in [0.717, 1.165) is 37.4 Å². The molecule has 0 aromatic carbocycles. The highest BCUT2D eigenvalue weighted by Gasteiger charge is 2.23. The van der Waals surface area contributed by atoms with Gasteiger partial charge in [-0.1, -0.05) is 11.3 Å². The summed E-state index contributed by atoms with van der Waals surface area (Å²) in [4.78, 5) is 18.5. The number of hydrogen-bond donors (Lipinski definition) is 2. The van der Waals surface area contributed by atoms with Crippen LogP contribution >= 0.6 is 11.3 Å². The van der Waals surface area contributed by atoms with Gasteiger partial charge in [0.1, 0.15) is 5.82 Å². The summed E-state index contributed by atoms with van der Waals surface area (Å²) >= 11 is 1.30. The summed E-state index contributed by atoms with van der Waals surface area (Å²) in [6.45, 7) is 3.73. The van der Waals surface area contributed by atoms with Crippen molar-refractivity contribution in [3.8, 4) is 5.06 Å². The Morgan fingerprint density at radius 2 is 2.33 bits per heavy atom. The van der Waals surface area contributed by atoms with E-state index < -0.39 is 0 Å². The summed E-state index contributed by atoms with van der Waals surface area (Å²) < 4.78 is 6.96. The molecule has 2 aromatic rings. The molecular weight excluding hydrogens is 328 g/mol. The zero-order valence-corrected chi connectivity index (χ0v) is 14.9. The zero-order chi connectivity index (χ0) is 17.1. The Morgan fingerprint density at radius 1 is 1.50 bits per heavy atom. The van der Waals surface area contributed by atoms with Crippen molar-refractivity contribution in [2.24, 2.45) is 7.05 Å². The Morgan fingerprint density at radius 3 is 3.00 bits per heavy atom. The van der Waals surface area contributed by atoms with E-state index in [1.807, 2.05) is 18.7 Å². The maximum Gasteiger partial charge on any atom is 0.321 e. The van der Waals surface area contributed by atoms with Crippen molar-refractivity contribution in [2.45, 2.75) is 25.8 Å². The maximum absolute atomic E-state index is 12.2. The van der Waals surface area contributed by atoms with Crippen molar-refractivity contribution in [3.05, 3.63) is 18.0 Å². The standard InChI is InChI=1S/C15H22N6O2S/c1-10-7-12(20(2)19-10)21-6-4-5-11(9-21)17-14(22)18-15-16-8-13(23-3)24-15/h7-8,11H,4-6,9H2,1-3H3,(H2,16,17,18,22). The van der Waals surface area contributed by atoms with Crippen molar-refractivity contribution in [2.75, 3.05) is 30.4 Å². The van der Waals surface area contributed by atoms with Crippen LogP contribution in [0.25, 0.3) is 0 Å². The third-order valence-corrected chi connectivity index (χ3v) is 4.84. The number of anilines is 2. The largest absolute Gasteiger partial charge is 0.486 e. The predicted molar refractivity (Wildman–Crippen MR) is 94.0 cm³/mol. The smallest absolute Gasteiger partial charge is 0.321 e. The number of rotatable bonds is 4. The predicted octanol–water partition coefficient (Wildman–Crippen LogP) is 1.98. The van der Waals surface area contributed by atoms with E-state index in [0.29, 0.717) is 10.2 Å². The summed E-state index contributed by atoms with van der Waals surface area (Å²) in [5, 5.41) is 11.4. The third kappa shape index (κ3) is 3.78. The average Bonchev–Trinajstić information content (AvgIpc) is 3.13. The van der Waals surface area contributed by atoms with Gasteiger partial charge in [-0.15, -0.1) is 0 Å². The van der Waals surface area contributed by atoms with Crippen LogP contribution < -0.4 is 20.3 Å². The van der Waals surface area contributed by atoms with Gasteiger partial charge in [-0.3, -0.25) is 10.00 Å². The maximum atomic E-state index is 12.2. The molecule has 0 spiro atoms. The Balaban J connectivity index is 1.56. The van der Waals surface area contributed by atoms with Crippen LogP contribution in [-0.4, -0.2) is 47.0 Å². The first-order valence-electron chi connectivity index (χ1n) is 7.88. The highest BCUT2D eigenvalue weighted by atomic mass is 32.1. The lowest BCUT2D eigenvalue weighted by atomic mass is 10.1. The lowest BCUT2D eigenvalue weighted by Crippen LogP contribution is -2.49. The Bertz CT molecular complexity index is 713. The Kier molecular flexibility index (Phi) is 4.89. The van der Waals surface area contributed by atoms with Crippen LogP contribution in [-0.2, 0) is 7.05 Å². The first-order chi connectivity index (χ1) is 11.5.